The third-order valence-corrected chi connectivity index (χ3v) is 5.34. The van der Waals surface area contributed by atoms with Crippen LogP contribution in [-0.2, 0) is 12.8 Å². The maximum Gasteiger partial charge on any atom is 0.126 e. The number of aryl methyl sites for hydroxylation is 1. The Hall–Kier alpha value is -0.490. The summed E-state index contributed by atoms with van der Waals surface area (Å²) in [5.74, 6) is 0.0876. The third-order valence-electron chi connectivity index (χ3n) is 3.57. The number of allylic oxidation sites excluding steroid dienone is 5. The van der Waals surface area contributed by atoms with Gasteiger partial charge >= 0.3 is 0 Å². The molecule has 0 aromatic carbocycles. The first kappa shape index (κ1) is 14.9. The van der Waals surface area contributed by atoms with Crippen LogP contribution in [0.3, 0.4) is 0 Å². The minimum Gasteiger partial charge on any atom is -0.287 e. The Morgan fingerprint density at radius 1 is 1.63 bits per heavy atom. The zero-order chi connectivity index (χ0) is 13.8. The number of hydrogen-bond acceptors (Lipinski definition) is 1. The van der Waals surface area contributed by atoms with Gasteiger partial charge in [-0.1, -0.05) is 18.7 Å². The number of halogens is 2. The van der Waals surface area contributed by atoms with Crippen LogP contribution in [0.15, 0.2) is 48.5 Å². The summed E-state index contributed by atoms with van der Waals surface area (Å²) in [6.45, 7) is 5.61. The fourth-order valence-electron chi connectivity index (χ4n) is 2.63. The molecule has 1 aliphatic rings. The van der Waals surface area contributed by atoms with Crippen LogP contribution >= 0.6 is 30.3 Å². The number of aromatic nitrogens is 1. The van der Waals surface area contributed by atoms with Crippen LogP contribution in [0.4, 0.5) is 4.39 Å². The smallest absolute Gasteiger partial charge is 0.126 e. The van der Waals surface area contributed by atoms with Crippen LogP contribution in [0.2, 0.25) is 0 Å². The highest BCUT2D eigenvalue weighted by molar-refractivity contribution is 14.2. The van der Waals surface area contributed by atoms with Gasteiger partial charge in [-0.2, -0.15) is 0 Å². The lowest BCUT2D eigenvalue weighted by Gasteiger charge is -2.24. The van der Waals surface area contributed by atoms with Crippen molar-refractivity contribution in [2.45, 2.75) is 26.2 Å². The van der Waals surface area contributed by atoms with Crippen molar-refractivity contribution >= 4 is 30.3 Å². The second kappa shape index (κ2) is 6.79. The van der Waals surface area contributed by atoms with Crippen molar-refractivity contribution in [2.75, 3.05) is 0 Å². The van der Waals surface area contributed by atoms with E-state index in [1.165, 1.54) is 17.3 Å². The quantitative estimate of drug-likeness (QED) is 0.492. The highest BCUT2D eigenvalue weighted by atomic mass is 127. The lowest BCUT2D eigenvalue weighted by atomic mass is 9.82. The molecule has 2 rings (SSSR count). The molecule has 0 saturated carbocycles. The second-order valence-electron chi connectivity index (χ2n) is 4.63. The van der Waals surface area contributed by atoms with Gasteiger partial charge in [-0.15, -0.1) is 0 Å². The molecule has 102 valence electrons. The van der Waals surface area contributed by atoms with Gasteiger partial charge < -0.3 is 0 Å². The fourth-order valence-corrected chi connectivity index (χ4v) is 4.12. The zero-order valence-electron chi connectivity index (χ0n) is 10.9. The van der Waals surface area contributed by atoms with Gasteiger partial charge in [0.1, 0.15) is 5.83 Å². The lowest BCUT2D eigenvalue weighted by molar-refractivity contribution is 0.507. The summed E-state index contributed by atoms with van der Waals surface area (Å²) in [6.07, 6.45) is 9.94. The predicted octanol–water partition coefficient (Wildman–Crippen LogP) is 5.43. The molecule has 0 spiro atoms. The maximum atomic E-state index is 14.0. The van der Waals surface area contributed by atoms with E-state index in [0.29, 0.717) is 0 Å². The van der Waals surface area contributed by atoms with Gasteiger partial charge in [0.05, 0.1) is 0 Å². The zero-order valence-corrected chi connectivity index (χ0v) is 13.9. The van der Waals surface area contributed by atoms with Crippen LogP contribution in [0.25, 0.3) is 0 Å². The molecule has 1 heterocycles. The summed E-state index contributed by atoms with van der Waals surface area (Å²) in [7, 11) is 1.67. The van der Waals surface area contributed by atoms with E-state index in [4.69, 9.17) is 0 Å². The molecule has 4 heteroatoms. The van der Waals surface area contributed by atoms with E-state index in [-0.39, 0.29) is 11.7 Å². The maximum absolute atomic E-state index is 14.0. The first-order valence-electron chi connectivity index (χ1n) is 6.34. The first-order valence-corrected chi connectivity index (χ1v) is 9.65. The summed E-state index contributed by atoms with van der Waals surface area (Å²) in [5, 5.41) is 0. The van der Waals surface area contributed by atoms with E-state index in [1.807, 2.05) is 6.92 Å². The van der Waals surface area contributed by atoms with Crippen molar-refractivity contribution in [1.82, 2.24) is 3.97 Å². The van der Waals surface area contributed by atoms with Crippen molar-refractivity contribution < 1.29 is 4.39 Å². The van der Waals surface area contributed by atoms with Crippen molar-refractivity contribution in [3.8, 4) is 0 Å². The third kappa shape index (κ3) is 3.16. The van der Waals surface area contributed by atoms with Crippen molar-refractivity contribution in [1.29, 1.82) is 0 Å². The number of rotatable bonds is 4. The monoisotopic (exact) mass is 389 g/mol. The minimum atomic E-state index is -0.147. The number of nitrogens with zero attached hydrogens (tertiary/aromatic N) is 1. The van der Waals surface area contributed by atoms with E-state index in [2.05, 4.69) is 44.0 Å². The van der Waals surface area contributed by atoms with Gasteiger partial charge in [-0.3, -0.25) is 3.97 Å². The summed E-state index contributed by atoms with van der Waals surface area (Å²) >= 11 is 2.28. The van der Waals surface area contributed by atoms with Gasteiger partial charge in [0, 0.05) is 42.2 Å². The van der Waals surface area contributed by atoms with E-state index in [0.717, 1.165) is 24.8 Å². The molecular weight excluding hydrogens is 372 g/mol. The molecule has 0 fully saturated rings. The normalized spacial score (nSPS) is 20.3. The SMILES string of the molecule is C=C/C(=C(F)\C=C/C)C1CCc2ccn(SI)c2C1. The molecule has 0 amide bonds. The molecule has 1 nitrogen and oxygen atoms in total. The molecular formula is C15H17FINS. The molecule has 1 atom stereocenters. The molecule has 0 N–H and O–H groups in total. The van der Waals surface area contributed by atoms with Crippen molar-refractivity contribution in [3.05, 3.63) is 59.7 Å². The molecule has 1 aromatic rings. The van der Waals surface area contributed by atoms with Crippen LogP contribution in [-0.4, -0.2) is 3.97 Å². The standard InChI is InChI=1S/C15H17FINS/c1-3-5-14(16)13(4-2)12-7-6-11-8-9-18(19-17)15(11)10-12/h3-5,8-9,12H,2,6-7,10H2,1H3/b5-3-,14-13-. The molecule has 0 saturated heterocycles. The average Bonchev–Trinajstić information content (AvgIpc) is 2.82. The van der Waals surface area contributed by atoms with Gasteiger partial charge in [0.25, 0.3) is 0 Å². The Bertz CT molecular complexity index is 517. The Balaban J connectivity index is 2.30. The summed E-state index contributed by atoms with van der Waals surface area (Å²) in [4.78, 5) is 0. The van der Waals surface area contributed by atoms with Gasteiger partial charge in [-0.25, -0.2) is 4.39 Å². The van der Waals surface area contributed by atoms with Crippen LogP contribution in [0, 0.1) is 5.92 Å². The van der Waals surface area contributed by atoms with Crippen LogP contribution in [0.1, 0.15) is 24.6 Å². The van der Waals surface area contributed by atoms with Gasteiger partial charge in [-0.05, 0) is 55.4 Å². The second-order valence-corrected chi connectivity index (χ2v) is 6.34. The molecule has 1 unspecified atom stereocenters. The van der Waals surface area contributed by atoms with Crippen molar-refractivity contribution in [2.24, 2.45) is 5.92 Å². The Morgan fingerprint density at radius 3 is 3.05 bits per heavy atom. The lowest BCUT2D eigenvalue weighted by Crippen LogP contribution is -2.17. The summed E-state index contributed by atoms with van der Waals surface area (Å²) < 4.78 is 16.2. The van der Waals surface area contributed by atoms with Crippen LogP contribution in [0.5, 0.6) is 0 Å². The Labute approximate surface area is 130 Å². The largest absolute Gasteiger partial charge is 0.287 e. The topological polar surface area (TPSA) is 4.93 Å². The van der Waals surface area contributed by atoms with Crippen molar-refractivity contribution in [3.63, 3.8) is 0 Å². The molecule has 0 radical (unpaired) electrons. The molecule has 0 aliphatic heterocycles. The Kier molecular flexibility index (Phi) is 5.33. The predicted molar refractivity (Wildman–Crippen MR) is 90.1 cm³/mol. The first-order chi connectivity index (χ1) is 9.21. The van der Waals surface area contributed by atoms with E-state index < -0.39 is 0 Å². The van der Waals surface area contributed by atoms with Crippen LogP contribution < -0.4 is 0 Å². The summed E-state index contributed by atoms with van der Waals surface area (Å²) in [5.41, 5.74) is 3.47. The highest BCUT2D eigenvalue weighted by Crippen LogP contribution is 2.35. The van der Waals surface area contributed by atoms with E-state index in [1.54, 1.807) is 21.3 Å². The average molecular weight is 389 g/mol. The van der Waals surface area contributed by atoms with E-state index >= 15 is 0 Å². The van der Waals surface area contributed by atoms with E-state index in [9.17, 15) is 4.39 Å². The number of hydrogen-bond donors (Lipinski definition) is 0. The minimum absolute atomic E-state index is 0.147. The fraction of sp³-hybridized carbons (Fsp3) is 0.333. The molecule has 0 bridgehead atoms. The molecule has 1 aromatic heterocycles. The molecule has 1 aliphatic carbocycles. The Morgan fingerprint density at radius 2 is 2.42 bits per heavy atom. The molecule has 19 heavy (non-hydrogen) atoms. The highest BCUT2D eigenvalue weighted by Gasteiger charge is 2.25. The number of fused-ring (bicyclic) bond motifs is 1. The van der Waals surface area contributed by atoms with Gasteiger partial charge in [0.15, 0.2) is 0 Å². The summed E-state index contributed by atoms with van der Waals surface area (Å²) in [6, 6.07) is 2.18. The van der Waals surface area contributed by atoms with Gasteiger partial charge in [0.2, 0.25) is 0 Å².